The van der Waals surface area contributed by atoms with Crippen molar-refractivity contribution in [2.45, 2.75) is 72.9 Å². The summed E-state index contributed by atoms with van der Waals surface area (Å²) >= 11 is 0. The molecular weight excluding hydrogens is 788 g/mol. The van der Waals surface area contributed by atoms with Gasteiger partial charge >= 0.3 is 21.1 Å². The molecule has 0 saturated carbocycles. The number of nitrogens with one attached hydrogen (secondary N) is 3. The molecule has 5 rings (SSSR count). The number of carbonyl (C=O) groups is 1. The second-order valence-corrected chi connectivity index (χ2v) is 16.7. The molecule has 5 aromatic rings. The van der Waals surface area contributed by atoms with Crippen molar-refractivity contribution in [2.24, 2.45) is 0 Å². The highest BCUT2D eigenvalue weighted by Crippen LogP contribution is 2.50. The molecule has 0 saturated heterocycles. The third-order valence-corrected chi connectivity index (χ3v) is 11.0. The van der Waals surface area contributed by atoms with Crippen LogP contribution < -0.4 is 32.2 Å². The second kappa shape index (κ2) is 20.5. The number of esters is 1. The third-order valence-electron chi connectivity index (χ3n) is 7.22. The van der Waals surface area contributed by atoms with E-state index in [1.165, 1.54) is 19.6 Å². The largest absolute Gasteiger partial charge is 0.465 e. The number of para-hydroxylation sites is 1. The van der Waals surface area contributed by atoms with Crippen LogP contribution in [0.15, 0.2) is 52.6 Å². The zero-order valence-electron chi connectivity index (χ0n) is 32.4. The van der Waals surface area contributed by atoms with E-state index in [9.17, 15) is 23.5 Å². The predicted molar refractivity (Wildman–Crippen MR) is 211 cm³/mol. The number of hydrogen-bond acceptors (Lipinski definition) is 17. The SMILES string of the molecule is CC(C)OP(=O)(COCCn1cnc2c(=O)[nH]c(N)nc21)OC(C)C.CCOC(=O)[C@H](C)NP(=O)(COCCn1cnc2c(=O)[nH]c(N)nc21)Oc1ccccc1. The normalized spacial score (nSPS) is 13.4. The van der Waals surface area contributed by atoms with Gasteiger partial charge in [0, 0.05) is 13.1 Å². The molecule has 57 heavy (non-hydrogen) atoms. The number of carbonyl (C=O) groups excluding carboxylic acids is 1. The van der Waals surface area contributed by atoms with Gasteiger partial charge in [-0.1, -0.05) is 18.2 Å². The summed E-state index contributed by atoms with van der Waals surface area (Å²) in [6, 6.07) is 7.69. The molecule has 0 bridgehead atoms. The van der Waals surface area contributed by atoms with Crippen LogP contribution >= 0.6 is 15.1 Å². The fourth-order valence-corrected chi connectivity index (χ4v) is 8.56. The van der Waals surface area contributed by atoms with Gasteiger partial charge in [-0.05, 0) is 53.7 Å². The van der Waals surface area contributed by atoms with E-state index in [1.54, 1.807) is 74.1 Å². The Morgan fingerprint density at radius 3 is 1.77 bits per heavy atom. The average molecular weight is 838 g/mol. The highest BCUT2D eigenvalue weighted by Gasteiger charge is 2.31. The molecule has 1 unspecified atom stereocenters. The molecule has 312 valence electrons. The first-order chi connectivity index (χ1) is 27.0. The van der Waals surface area contributed by atoms with Crippen LogP contribution in [0.4, 0.5) is 11.9 Å². The Kier molecular flexibility index (Phi) is 16.1. The number of H-pyrrole nitrogens is 2. The first kappa shape index (κ1) is 44.8. The van der Waals surface area contributed by atoms with Crippen LogP contribution in [-0.2, 0) is 50.3 Å². The van der Waals surface area contributed by atoms with E-state index in [1.807, 2.05) is 0 Å². The van der Waals surface area contributed by atoms with Crippen LogP contribution in [0, 0.1) is 0 Å². The number of aromatic amines is 2. The minimum Gasteiger partial charge on any atom is -0.465 e. The molecular formula is C33H49N11O11P2. The maximum Gasteiger partial charge on any atom is 0.356 e. The molecule has 0 aliphatic heterocycles. The monoisotopic (exact) mass is 837 g/mol. The zero-order chi connectivity index (χ0) is 41.8. The molecule has 1 aromatic carbocycles. The summed E-state index contributed by atoms with van der Waals surface area (Å²) in [6.45, 7) is 11.5. The van der Waals surface area contributed by atoms with Crippen molar-refractivity contribution in [2.75, 3.05) is 44.0 Å². The minimum absolute atomic E-state index is 0.0142. The number of imidazole rings is 2. The van der Waals surface area contributed by atoms with Crippen molar-refractivity contribution < 1.29 is 41.7 Å². The predicted octanol–water partition coefficient (Wildman–Crippen LogP) is 3.21. The Balaban J connectivity index is 0.000000261. The molecule has 0 aliphatic rings. The van der Waals surface area contributed by atoms with Crippen molar-refractivity contribution in [3.05, 3.63) is 63.7 Å². The number of anilines is 2. The lowest BCUT2D eigenvalue weighted by atomic mass is 10.3. The lowest BCUT2D eigenvalue weighted by Gasteiger charge is -2.23. The number of benzene rings is 1. The van der Waals surface area contributed by atoms with Gasteiger partial charge in [-0.2, -0.15) is 9.97 Å². The van der Waals surface area contributed by atoms with Crippen LogP contribution in [0.5, 0.6) is 5.75 Å². The van der Waals surface area contributed by atoms with Crippen molar-refractivity contribution in [1.82, 2.24) is 44.1 Å². The molecule has 0 amide bonds. The van der Waals surface area contributed by atoms with Gasteiger partial charge in [0.05, 0.1) is 44.7 Å². The Bertz CT molecular complexity index is 2280. The van der Waals surface area contributed by atoms with E-state index in [-0.39, 0.29) is 74.2 Å². The second-order valence-electron chi connectivity index (χ2n) is 12.8. The third kappa shape index (κ3) is 13.3. The van der Waals surface area contributed by atoms with Gasteiger partial charge in [0.2, 0.25) is 11.9 Å². The highest BCUT2D eigenvalue weighted by atomic mass is 31.2. The Labute approximate surface area is 327 Å². The van der Waals surface area contributed by atoms with E-state index in [4.69, 9.17) is 39.2 Å². The van der Waals surface area contributed by atoms with E-state index in [2.05, 4.69) is 35.0 Å². The fraction of sp³-hybridized carbons (Fsp3) is 0.485. The molecule has 0 spiro atoms. The standard InChI is InChI=1S/C19H25N6O6P.C14H24N5O5P/c1-3-30-18(27)13(2)24-32(28,31-14-7-5-4-6-8-14)12-29-10-9-25-11-21-15-16(25)22-19(20)23-17(15)26;1-9(2)23-25(21,24-10(3)4)8-22-6-5-19-7-16-11-12(19)17-14(15)18-13(11)20/h4-8,11,13H,3,9-10,12H2,1-2H3,(H,24,28)(H3,20,22,23,26);7,9-10H,5-6,8H2,1-4H3,(H3,15,17,18,20)/t13-,32?;/m0./s1. The molecule has 4 heterocycles. The van der Waals surface area contributed by atoms with Gasteiger partial charge < -0.3 is 48.4 Å². The fourth-order valence-electron chi connectivity index (χ4n) is 5.04. The summed E-state index contributed by atoms with van der Waals surface area (Å²) in [5.41, 5.74) is 11.3. The average Bonchev–Trinajstić information content (AvgIpc) is 3.73. The highest BCUT2D eigenvalue weighted by molar-refractivity contribution is 7.57. The van der Waals surface area contributed by atoms with Gasteiger partial charge in [0.1, 0.15) is 24.5 Å². The van der Waals surface area contributed by atoms with Crippen molar-refractivity contribution in [1.29, 1.82) is 0 Å². The quantitative estimate of drug-likeness (QED) is 0.0427. The number of aromatic nitrogens is 8. The van der Waals surface area contributed by atoms with E-state index in [0.29, 0.717) is 23.6 Å². The number of rotatable bonds is 20. The van der Waals surface area contributed by atoms with Crippen LogP contribution in [0.25, 0.3) is 22.3 Å². The maximum absolute atomic E-state index is 13.4. The van der Waals surface area contributed by atoms with Crippen LogP contribution in [0.3, 0.4) is 0 Å². The number of nitrogens with two attached hydrogens (primary N) is 2. The van der Waals surface area contributed by atoms with Gasteiger partial charge in [-0.15, -0.1) is 0 Å². The molecule has 7 N–H and O–H groups in total. The molecule has 22 nitrogen and oxygen atoms in total. The first-order valence-corrected chi connectivity index (χ1v) is 21.4. The van der Waals surface area contributed by atoms with E-state index in [0.717, 1.165) is 0 Å². The molecule has 0 aliphatic carbocycles. The molecule has 24 heteroatoms. The first-order valence-electron chi connectivity index (χ1n) is 17.8. The van der Waals surface area contributed by atoms with Crippen molar-refractivity contribution in [3.8, 4) is 5.75 Å². The number of hydrogen-bond donors (Lipinski definition) is 5. The summed E-state index contributed by atoms with van der Waals surface area (Å²) < 4.78 is 61.8. The summed E-state index contributed by atoms with van der Waals surface area (Å²) in [6.07, 6.45) is 1.96. The van der Waals surface area contributed by atoms with Crippen molar-refractivity contribution in [3.63, 3.8) is 0 Å². The van der Waals surface area contributed by atoms with Crippen LogP contribution in [0.2, 0.25) is 0 Å². The lowest BCUT2D eigenvalue weighted by molar-refractivity contribution is -0.144. The van der Waals surface area contributed by atoms with Crippen LogP contribution in [0.1, 0.15) is 41.5 Å². The molecule has 4 aromatic heterocycles. The Hall–Kier alpha value is -4.95. The van der Waals surface area contributed by atoms with Gasteiger partial charge in [-0.25, -0.2) is 15.1 Å². The smallest absolute Gasteiger partial charge is 0.356 e. The minimum atomic E-state index is -3.63. The summed E-state index contributed by atoms with van der Waals surface area (Å²) in [5.74, 6) is -0.200. The maximum atomic E-state index is 13.4. The molecule has 0 radical (unpaired) electrons. The van der Waals surface area contributed by atoms with Gasteiger partial charge in [0.15, 0.2) is 22.3 Å². The van der Waals surface area contributed by atoms with E-state index >= 15 is 0 Å². The molecule has 0 fully saturated rings. The number of ether oxygens (including phenoxy) is 3. The molecule has 2 atom stereocenters. The van der Waals surface area contributed by atoms with Crippen LogP contribution in [-0.4, -0.2) is 95.8 Å². The number of nitrogen functional groups attached to an aromatic ring is 2. The van der Waals surface area contributed by atoms with Gasteiger partial charge in [-0.3, -0.25) is 33.5 Å². The summed E-state index contributed by atoms with van der Waals surface area (Å²) in [4.78, 5) is 56.5. The van der Waals surface area contributed by atoms with Gasteiger partial charge in [0.25, 0.3) is 11.1 Å². The number of nitrogens with zero attached hydrogens (tertiary/aromatic N) is 6. The Morgan fingerprint density at radius 1 is 0.807 bits per heavy atom. The lowest BCUT2D eigenvalue weighted by Crippen LogP contribution is -2.35. The van der Waals surface area contributed by atoms with E-state index < -0.39 is 38.2 Å². The Morgan fingerprint density at radius 2 is 1.30 bits per heavy atom. The topological polar surface area (TPSA) is 298 Å². The zero-order valence-corrected chi connectivity index (χ0v) is 34.2. The van der Waals surface area contributed by atoms with Crippen molar-refractivity contribution >= 4 is 55.3 Å². The summed E-state index contributed by atoms with van der Waals surface area (Å²) in [5, 5.41) is 2.70. The number of fused-ring (bicyclic) bond motifs is 2. The summed E-state index contributed by atoms with van der Waals surface area (Å²) in [7, 11) is -6.97.